The van der Waals surface area contributed by atoms with E-state index in [2.05, 4.69) is 15.2 Å². The number of halogens is 3. The number of fused-ring (bicyclic) bond motifs is 2. The lowest BCUT2D eigenvalue weighted by Crippen LogP contribution is -2.57. The SMILES string of the molecule is O=C(Nc1ccc(Cl)c(Cl)c1)N1C2CCC1CN(c1ncccc1Cl)C2. The summed E-state index contributed by atoms with van der Waals surface area (Å²) >= 11 is 18.3. The van der Waals surface area contributed by atoms with Gasteiger partial charge in [-0.2, -0.15) is 0 Å². The van der Waals surface area contributed by atoms with Gasteiger partial charge in [0.15, 0.2) is 0 Å². The first-order chi connectivity index (χ1) is 12.5. The molecule has 2 amide bonds. The number of aromatic nitrogens is 1. The van der Waals surface area contributed by atoms with Gasteiger partial charge in [-0.1, -0.05) is 34.8 Å². The molecule has 0 aliphatic carbocycles. The lowest BCUT2D eigenvalue weighted by atomic mass is 10.2. The Bertz CT molecular complexity index is 833. The highest BCUT2D eigenvalue weighted by Gasteiger charge is 2.43. The van der Waals surface area contributed by atoms with Crippen LogP contribution in [-0.4, -0.2) is 41.1 Å². The van der Waals surface area contributed by atoms with Crippen LogP contribution in [-0.2, 0) is 0 Å². The molecule has 5 nitrogen and oxygen atoms in total. The summed E-state index contributed by atoms with van der Waals surface area (Å²) in [5.41, 5.74) is 0.638. The van der Waals surface area contributed by atoms with Crippen molar-refractivity contribution < 1.29 is 4.79 Å². The molecule has 2 aromatic rings. The first-order valence-electron chi connectivity index (χ1n) is 8.43. The fourth-order valence-corrected chi connectivity index (χ4v) is 4.32. The predicted molar refractivity (Wildman–Crippen MR) is 106 cm³/mol. The second kappa shape index (κ2) is 7.14. The van der Waals surface area contributed by atoms with Crippen LogP contribution in [0.5, 0.6) is 0 Å². The highest BCUT2D eigenvalue weighted by molar-refractivity contribution is 6.42. The Hall–Kier alpha value is -1.69. The maximum Gasteiger partial charge on any atom is 0.322 e. The summed E-state index contributed by atoms with van der Waals surface area (Å²) in [5, 5.41) is 4.45. The van der Waals surface area contributed by atoms with Gasteiger partial charge in [0.05, 0.1) is 27.2 Å². The maximum absolute atomic E-state index is 12.8. The number of urea groups is 1. The van der Waals surface area contributed by atoms with Crippen LogP contribution in [0.1, 0.15) is 12.8 Å². The van der Waals surface area contributed by atoms with Gasteiger partial charge in [-0.15, -0.1) is 0 Å². The van der Waals surface area contributed by atoms with Gasteiger partial charge < -0.3 is 15.1 Å². The Morgan fingerprint density at radius 2 is 1.77 bits per heavy atom. The summed E-state index contributed by atoms with van der Waals surface area (Å²) in [7, 11) is 0. The number of nitrogens with one attached hydrogen (secondary N) is 1. The fraction of sp³-hybridized carbons (Fsp3) is 0.333. The second-order valence-corrected chi connectivity index (χ2v) is 7.79. The molecule has 2 aliphatic heterocycles. The molecule has 0 radical (unpaired) electrons. The summed E-state index contributed by atoms with van der Waals surface area (Å²) in [6.45, 7) is 1.45. The van der Waals surface area contributed by atoms with E-state index in [0.717, 1.165) is 31.7 Å². The van der Waals surface area contributed by atoms with Gasteiger partial charge in [-0.3, -0.25) is 0 Å². The molecule has 2 unspecified atom stereocenters. The summed E-state index contributed by atoms with van der Waals surface area (Å²) < 4.78 is 0. The zero-order valence-electron chi connectivity index (χ0n) is 13.8. The van der Waals surface area contributed by atoms with Crippen LogP contribution in [0.25, 0.3) is 0 Å². The second-order valence-electron chi connectivity index (χ2n) is 6.57. The number of carbonyl (C=O) groups is 1. The largest absolute Gasteiger partial charge is 0.351 e. The third-order valence-corrected chi connectivity index (χ3v) is 5.96. The minimum Gasteiger partial charge on any atom is -0.351 e. The van der Waals surface area contributed by atoms with E-state index in [4.69, 9.17) is 34.8 Å². The number of anilines is 2. The normalized spacial score (nSPS) is 21.8. The molecule has 26 heavy (non-hydrogen) atoms. The summed E-state index contributed by atoms with van der Waals surface area (Å²) in [6.07, 6.45) is 3.69. The van der Waals surface area contributed by atoms with Gasteiger partial charge >= 0.3 is 6.03 Å². The predicted octanol–water partition coefficient (Wildman–Crippen LogP) is 4.93. The molecule has 2 fully saturated rings. The van der Waals surface area contributed by atoms with Crippen molar-refractivity contribution in [2.24, 2.45) is 0 Å². The summed E-state index contributed by atoms with van der Waals surface area (Å²) in [4.78, 5) is 21.3. The van der Waals surface area contributed by atoms with Gasteiger partial charge in [0.2, 0.25) is 0 Å². The van der Waals surface area contributed by atoms with Crippen LogP contribution in [0.3, 0.4) is 0 Å². The lowest BCUT2D eigenvalue weighted by molar-refractivity contribution is 0.175. The molecule has 2 saturated heterocycles. The Labute approximate surface area is 166 Å². The van der Waals surface area contributed by atoms with Crippen LogP contribution in [0, 0.1) is 0 Å². The smallest absolute Gasteiger partial charge is 0.322 e. The number of piperazine rings is 1. The van der Waals surface area contributed by atoms with Gasteiger partial charge in [0.25, 0.3) is 0 Å². The number of hydrogen-bond donors (Lipinski definition) is 1. The number of carbonyl (C=O) groups excluding carboxylic acids is 1. The number of nitrogens with zero attached hydrogens (tertiary/aromatic N) is 3. The van der Waals surface area contributed by atoms with Crippen LogP contribution >= 0.6 is 34.8 Å². The highest BCUT2D eigenvalue weighted by Crippen LogP contribution is 2.35. The standard InChI is InChI=1S/C18H17Cl3N4O/c19-14-6-3-11(8-16(14)21)23-18(26)25-12-4-5-13(25)10-24(9-12)17-15(20)2-1-7-22-17/h1-3,6-8,12-13H,4-5,9-10H2,(H,23,26). The minimum absolute atomic E-state index is 0.109. The van der Waals surface area contributed by atoms with Crippen LogP contribution in [0.15, 0.2) is 36.5 Å². The van der Waals surface area contributed by atoms with Crippen molar-refractivity contribution in [1.29, 1.82) is 0 Å². The van der Waals surface area contributed by atoms with Gasteiger partial charge in [0, 0.05) is 25.0 Å². The Kier molecular flexibility index (Phi) is 4.86. The van der Waals surface area contributed by atoms with Gasteiger partial charge in [-0.25, -0.2) is 9.78 Å². The quantitative estimate of drug-likeness (QED) is 0.762. The van der Waals surface area contributed by atoms with E-state index in [-0.39, 0.29) is 18.1 Å². The van der Waals surface area contributed by atoms with E-state index >= 15 is 0 Å². The van der Waals surface area contributed by atoms with Crippen molar-refractivity contribution in [2.45, 2.75) is 24.9 Å². The van der Waals surface area contributed by atoms with E-state index in [1.807, 2.05) is 17.0 Å². The Morgan fingerprint density at radius 1 is 1.04 bits per heavy atom. The molecule has 1 aromatic carbocycles. The van der Waals surface area contributed by atoms with Gasteiger partial charge in [-0.05, 0) is 43.2 Å². The maximum atomic E-state index is 12.8. The average Bonchev–Trinajstić information content (AvgIpc) is 2.89. The molecular weight excluding hydrogens is 395 g/mol. The lowest BCUT2D eigenvalue weighted by Gasteiger charge is -2.41. The van der Waals surface area contributed by atoms with Crippen LogP contribution < -0.4 is 10.2 Å². The molecule has 1 aromatic heterocycles. The van der Waals surface area contributed by atoms with Crippen molar-refractivity contribution in [2.75, 3.05) is 23.3 Å². The van der Waals surface area contributed by atoms with Crippen molar-refractivity contribution >= 4 is 52.3 Å². The molecule has 3 heterocycles. The summed E-state index contributed by atoms with van der Waals surface area (Å²) in [6, 6.07) is 8.91. The van der Waals surface area contributed by atoms with E-state index in [1.165, 1.54) is 0 Å². The number of rotatable bonds is 2. The molecule has 0 spiro atoms. The molecule has 2 bridgehead atoms. The number of amides is 2. The van der Waals surface area contributed by atoms with Crippen molar-refractivity contribution in [1.82, 2.24) is 9.88 Å². The number of hydrogen-bond acceptors (Lipinski definition) is 3. The Morgan fingerprint density at radius 3 is 2.42 bits per heavy atom. The molecule has 136 valence electrons. The van der Waals surface area contributed by atoms with Crippen molar-refractivity contribution in [3.8, 4) is 0 Å². The molecule has 4 rings (SSSR count). The van der Waals surface area contributed by atoms with E-state index in [9.17, 15) is 4.79 Å². The molecule has 2 atom stereocenters. The first-order valence-corrected chi connectivity index (χ1v) is 9.56. The van der Waals surface area contributed by atoms with Crippen molar-refractivity contribution in [3.63, 3.8) is 0 Å². The molecule has 8 heteroatoms. The zero-order chi connectivity index (χ0) is 18.3. The molecule has 2 aliphatic rings. The average molecular weight is 412 g/mol. The van der Waals surface area contributed by atoms with Crippen molar-refractivity contribution in [3.05, 3.63) is 51.6 Å². The van der Waals surface area contributed by atoms with Crippen LogP contribution in [0.2, 0.25) is 15.1 Å². The first kappa shape index (κ1) is 17.7. The minimum atomic E-state index is -0.109. The molecule has 0 saturated carbocycles. The van der Waals surface area contributed by atoms with E-state index in [0.29, 0.717) is 20.8 Å². The third kappa shape index (κ3) is 3.31. The number of benzene rings is 1. The monoisotopic (exact) mass is 410 g/mol. The van der Waals surface area contributed by atoms with Crippen LogP contribution in [0.4, 0.5) is 16.3 Å². The fourth-order valence-electron chi connectivity index (χ4n) is 3.78. The molecular formula is C18H17Cl3N4O. The van der Waals surface area contributed by atoms with E-state index in [1.54, 1.807) is 24.4 Å². The topological polar surface area (TPSA) is 48.5 Å². The summed E-state index contributed by atoms with van der Waals surface area (Å²) in [5.74, 6) is 0.788. The zero-order valence-corrected chi connectivity index (χ0v) is 16.1. The van der Waals surface area contributed by atoms with E-state index < -0.39 is 0 Å². The molecule has 1 N–H and O–H groups in total. The Balaban J connectivity index is 1.48. The number of pyridine rings is 1. The highest BCUT2D eigenvalue weighted by atomic mass is 35.5. The third-order valence-electron chi connectivity index (χ3n) is 4.93. The van der Waals surface area contributed by atoms with Gasteiger partial charge in [0.1, 0.15) is 5.82 Å².